The Morgan fingerprint density at radius 1 is 1.38 bits per heavy atom. The highest BCUT2D eigenvalue weighted by Gasteiger charge is 2.26. The smallest absolute Gasteiger partial charge is 0.119 e. The predicted molar refractivity (Wildman–Crippen MR) is 51.0 cm³/mol. The van der Waals surface area contributed by atoms with E-state index in [2.05, 4.69) is 13.0 Å². The van der Waals surface area contributed by atoms with E-state index in [0.29, 0.717) is 5.92 Å². The van der Waals surface area contributed by atoms with E-state index in [-0.39, 0.29) is 6.10 Å². The van der Waals surface area contributed by atoms with E-state index in [1.807, 2.05) is 12.1 Å². The van der Waals surface area contributed by atoms with Gasteiger partial charge in [0.15, 0.2) is 0 Å². The van der Waals surface area contributed by atoms with Crippen LogP contribution in [0.3, 0.4) is 0 Å². The second-order valence-electron chi connectivity index (χ2n) is 3.65. The van der Waals surface area contributed by atoms with E-state index in [9.17, 15) is 5.11 Å². The summed E-state index contributed by atoms with van der Waals surface area (Å²) < 4.78 is 5.11. The van der Waals surface area contributed by atoms with Gasteiger partial charge in [-0.05, 0) is 35.6 Å². The van der Waals surface area contributed by atoms with Crippen LogP contribution in [0.4, 0.5) is 0 Å². The van der Waals surface area contributed by atoms with E-state index in [1.54, 1.807) is 7.11 Å². The maximum atomic E-state index is 9.72. The van der Waals surface area contributed by atoms with Crippen molar-refractivity contribution in [2.24, 2.45) is 0 Å². The van der Waals surface area contributed by atoms with Crippen LogP contribution < -0.4 is 4.74 Å². The van der Waals surface area contributed by atoms with Gasteiger partial charge in [-0.15, -0.1) is 0 Å². The van der Waals surface area contributed by atoms with Crippen molar-refractivity contribution in [2.45, 2.75) is 25.4 Å². The Hall–Kier alpha value is -1.02. The maximum absolute atomic E-state index is 9.72. The van der Waals surface area contributed by atoms with Gasteiger partial charge < -0.3 is 9.84 Å². The number of hydrogen-bond acceptors (Lipinski definition) is 2. The van der Waals surface area contributed by atoms with Crippen LogP contribution in [0.25, 0.3) is 0 Å². The van der Waals surface area contributed by atoms with Crippen LogP contribution >= 0.6 is 0 Å². The molecule has 1 aliphatic carbocycles. The third-order valence-electron chi connectivity index (χ3n) is 2.76. The van der Waals surface area contributed by atoms with Gasteiger partial charge >= 0.3 is 0 Å². The zero-order valence-corrected chi connectivity index (χ0v) is 7.95. The standard InChI is InChI=1S/C11H14O2/c1-7-5-11(12)10-6-8(13-2)3-4-9(7)10/h3-4,6-7,11-12H,5H2,1-2H3. The zero-order valence-electron chi connectivity index (χ0n) is 7.95. The summed E-state index contributed by atoms with van der Waals surface area (Å²) in [6.45, 7) is 2.14. The van der Waals surface area contributed by atoms with E-state index >= 15 is 0 Å². The first-order valence-electron chi connectivity index (χ1n) is 4.58. The number of aliphatic hydroxyl groups excluding tert-OH is 1. The van der Waals surface area contributed by atoms with Gasteiger partial charge in [-0.25, -0.2) is 0 Å². The molecule has 1 aliphatic rings. The van der Waals surface area contributed by atoms with Crippen molar-refractivity contribution in [2.75, 3.05) is 7.11 Å². The summed E-state index contributed by atoms with van der Waals surface area (Å²) >= 11 is 0. The molecule has 13 heavy (non-hydrogen) atoms. The molecule has 2 nitrogen and oxygen atoms in total. The van der Waals surface area contributed by atoms with Gasteiger partial charge in [0.05, 0.1) is 13.2 Å². The summed E-state index contributed by atoms with van der Waals surface area (Å²) in [4.78, 5) is 0. The van der Waals surface area contributed by atoms with Crippen LogP contribution in [-0.2, 0) is 0 Å². The van der Waals surface area contributed by atoms with Crippen LogP contribution in [0.1, 0.15) is 36.5 Å². The summed E-state index contributed by atoms with van der Waals surface area (Å²) in [5.41, 5.74) is 2.29. The molecule has 0 saturated carbocycles. The van der Waals surface area contributed by atoms with Gasteiger partial charge in [-0.2, -0.15) is 0 Å². The number of benzene rings is 1. The van der Waals surface area contributed by atoms with Gasteiger partial charge in [-0.1, -0.05) is 13.0 Å². The summed E-state index contributed by atoms with van der Waals surface area (Å²) in [5, 5.41) is 9.72. The highest BCUT2D eigenvalue weighted by molar-refractivity contribution is 5.42. The van der Waals surface area contributed by atoms with Crippen molar-refractivity contribution in [1.29, 1.82) is 0 Å². The second-order valence-corrected chi connectivity index (χ2v) is 3.65. The van der Waals surface area contributed by atoms with Gasteiger partial charge in [0, 0.05) is 0 Å². The lowest BCUT2D eigenvalue weighted by molar-refractivity contribution is 0.174. The van der Waals surface area contributed by atoms with Crippen LogP contribution in [0.2, 0.25) is 0 Å². The molecule has 1 aromatic carbocycles. The minimum absolute atomic E-state index is 0.305. The molecule has 0 saturated heterocycles. The lowest BCUT2D eigenvalue weighted by Gasteiger charge is -2.06. The minimum Gasteiger partial charge on any atom is -0.497 e. The van der Waals surface area contributed by atoms with Crippen LogP contribution in [0, 0.1) is 0 Å². The molecule has 0 heterocycles. The normalized spacial score (nSPS) is 25.8. The molecule has 2 atom stereocenters. The third kappa shape index (κ3) is 1.31. The molecule has 0 spiro atoms. The molecular formula is C11H14O2. The molecule has 0 bridgehead atoms. The van der Waals surface area contributed by atoms with Gasteiger partial charge in [0.1, 0.15) is 5.75 Å². The van der Waals surface area contributed by atoms with E-state index in [4.69, 9.17) is 4.74 Å². The minimum atomic E-state index is -0.305. The van der Waals surface area contributed by atoms with E-state index in [0.717, 1.165) is 17.7 Å². The van der Waals surface area contributed by atoms with Crippen molar-refractivity contribution >= 4 is 0 Å². The van der Waals surface area contributed by atoms with E-state index in [1.165, 1.54) is 5.56 Å². The highest BCUT2D eigenvalue weighted by atomic mass is 16.5. The van der Waals surface area contributed by atoms with Crippen molar-refractivity contribution in [1.82, 2.24) is 0 Å². The molecule has 70 valence electrons. The summed E-state index contributed by atoms with van der Waals surface area (Å²) in [7, 11) is 1.65. The van der Waals surface area contributed by atoms with E-state index < -0.39 is 0 Å². The molecule has 0 aliphatic heterocycles. The Bertz CT molecular complexity index is 320. The fraction of sp³-hybridized carbons (Fsp3) is 0.455. The summed E-state index contributed by atoms with van der Waals surface area (Å²) in [6, 6.07) is 5.94. The molecule has 2 unspecified atom stereocenters. The molecular weight excluding hydrogens is 164 g/mol. The Morgan fingerprint density at radius 2 is 2.15 bits per heavy atom. The molecule has 1 N–H and O–H groups in total. The molecule has 1 aromatic rings. The number of methoxy groups -OCH3 is 1. The first-order chi connectivity index (χ1) is 6.22. The number of hydrogen-bond donors (Lipinski definition) is 1. The van der Waals surface area contributed by atoms with Crippen LogP contribution in [-0.4, -0.2) is 12.2 Å². The fourth-order valence-electron chi connectivity index (χ4n) is 2.01. The average molecular weight is 178 g/mol. The number of rotatable bonds is 1. The highest BCUT2D eigenvalue weighted by Crippen LogP contribution is 2.41. The molecule has 0 amide bonds. The average Bonchev–Trinajstić information content (AvgIpc) is 2.42. The fourth-order valence-corrected chi connectivity index (χ4v) is 2.01. The Morgan fingerprint density at radius 3 is 2.85 bits per heavy atom. The van der Waals surface area contributed by atoms with Crippen molar-refractivity contribution < 1.29 is 9.84 Å². The van der Waals surface area contributed by atoms with Gasteiger partial charge in [0.25, 0.3) is 0 Å². The molecule has 2 rings (SSSR count). The molecule has 0 fully saturated rings. The van der Waals surface area contributed by atoms with Gasteiger partial charge in [0.2, 0.25) is 0 Å². The Kier molecular flexibility index (Phi) is 2.00. The number of aliphatic hydroxyl groups is 1. The molecule has 0 aromatic heterocycles. The lowest BCUT2D eigenvalue weighted by Crippen LogP contribution is -1.91. The largest absolute Gasteiger partial charge is 0.497 e. The topological polar surface area (TPSA) is 29.5 Å². The first-order valence-corrected chi connectivity index (χ1v) is 4.58. The SMILES string of the molecule is COc1ccc2c(c1)C(O)CC2C. The van der Waals surface area contributed by atoms with Crippen molar-refractivity contribution in [3.63, 3.8) is 0 Å². The summed E-state index contributed by atoms with van der Waals surface area (Å²) in [6.07, 6.45) is 0.530. The predicted octanol–water partition coefficient (Wildman–Crippen LogP) is 2.24. The Balaban J connectivity index is 2.46. The van der Waals surface area contributed by atoms with Crippen LogP contribution in [0.5, 0.6) is 5.75 Å². The van der Waals surface area contributed by atoms with Crippen molar-refractivity contribution in [3.05, 3.63) is 29.3 Å². The Labute approximate surface area is 78.2 Å². The van der Waals surface area contributed by atoms with Crippen molar-refractivity contribution in [3.8, 4) is 5.75 Å². The summed E-state index contributed by atoms with van der Waals surface area (Å²) in [5.74, 6) is 1.29. The first kappa shape index (κ1) is 8.57. The maximum Gasteiger partial charge on any atom is 0.119 e. The quantitative estimate of drug-likeness (QED) is 0.714. The second kappa shape index (κ2) is 3.04. The number of fused-ring (bicyclic) bond motifs is 1. The zero-order chi connectivity index (χ0) is 9.42. The molecule has 2 heteroatoms. The lowest BCUT2D eigenvalue weighted by atomic mass is 10.0. The third-order valence-corrected chi connectivity index (χ3v) is 2.76. The number of ether oxygens (including phenoxy) is 1. The monoisotopic (exact) mass is 178 g/mol. The molecule has 0 radical (unpaired) electrons. The van der Waals surface area contributed by atoms with Crippen LogP contribution in [0.15, 0.2) is 18.2 Å². The van der Waals surface area contributed by atoms with Gasteiger partial charge in [-0.3, -0.25) is 0 Å².